The zero-order valence-corrected chi connectivity index (χ0v) is 12.9. The quantitative estimate of drug-likeness (QED) is 0.857. The molecule has 1 fully saturated rings. The lowest BCUT2D eigenvalue weighted by atomic mass is 9.97. The molecule has 0 spiro atoms. The van der Waals surface area contributed by atoms with E-state index in [9.17, 15) is 4.79 Å². The van der Waals surface area contributed by atoms with Gasteiger partial charge < -0.3 is 10.2 Å². The predicted octanol–water partition coefficient (Wildman–Crippen LogP) is 1.46. The van der Waals surface area contributed by atoms with Crippen molar-refractivity contribution in [2.24, 2.45) is 0 Å². The molecule has 3 heteroatoms. The number of rotatable bonds is 4. The Balaban J connectivity index is 1.81. The Morgan fingerprint density at radius 3 is 2.40 bits per heavy atom. The highest BCUT2D eigenvalue weighted by Crippen LogP contribution is 2.07. The van der Waals surface area contributed by atoms with E-state index in [4.69, 9.17) is 0 Å². The van der Waals surface area contributed by atoms with Gasteiger partial charge in [-0.2, -0.15) is 0 Å². The van der Waals surface area contributed by atoms with Crippen molar-refractivity contribution in [3.8, 4) is 0 Å². The van der Waals surface area contributed by atoms with Crippen molar-refractivity contribution in [3.63, 3.8) is 0 Å². The van der Waals surface area contributed by atoms with Gasteiger partial charge in [0, 0.05) is 6.54 Å². The van der Waals surface area contributed by atoms with E-state index in [0.29, 0.717) is 25.2 Å². The van der Waals surface area contributed by atoms with Gasteiger partial charge in [0.2, 0.25) is 0 Å². The second kappa shape index (κ2) is 6.89. The highest BCUT2D eigenvalue weighted by molar-refractivity contribution is 5.76. The Kier molecular flexibility index (Phi) is 5.18. The number of quaternary nitrogens is 1. The molecule has 1 aliphatic heterocycles. The first-order valence-corrected chi connectivity index (χ1v) is 7.74. The summed E-state index contributed by atoms with van der Waals surface area (Å²) in [7, 11) is 0. The van der Waals surface area contributed by atoms with Crippen molar-refractivity contribution in [2.45, 2.75) is 58.7 Å². The first-order valence-electron chi connectivity index (χ1n) is 7.74. The molecular weight excluding hydrogens is 248 g/mol. The van der Waals surface area contributed by atoms with Gasteiger partial charge in [-0.15, -0.1) is 0 Å². The molecule has 2 N–H and O–H groups in total. The lowest BCUT2D eigenvalue weighted by Gasteiger charge is -2.35. The fraction of sp³-hybridized carbons (Fsp3) is 0.588. The Bertz CT molecular complexity index is 431. The number of nitrogens with one attached hydrogen (secondary N) is 2. The van der Waals surface area contributed by atoms with E-state index in [1.807, 2.05) is 0 Å². The van der Waals surface area contributed by atoms with Gasteiger partial charge in [0.15, 0.2) is 6.54 Å². The number of carbonyl (C=O) groups is 1. The summed E-state index contributed by atoms with van der Waals surface area (Å²) in [5.74, 6) is 0.168. The molecule has 0 unspecified atom stereocenters. The summed E-state index contributed by atoms with van der Waals surface area (Å²) in [6.07, 6.45) is 3.78. The van der Waals surface area contributed by atoms with E-state index in [2.05, 4.69) is 50.4 Å². The van der Waals surface area contributed by atoms with Crippen molar-refractivity contribution in [2.75, 3.05) is 6.54 Å². The lowest BCUT2D eigenvalue weighted by molar-refractivity contribution is -0.944. The summed E-state index contributed by atoms with van der Waals surface area (Å²) in [5.41, 5.74) is 2.42. The standard InChI is InChI=1S/C17H26N2O/c1-13-7-9-16(10-8-13)11-18-17(20)12-19-14(2)5-4-6-15(19)3/h7-10,14-15H,4-6,11-12H2,1-3H3,(H,18,20)/p+1/t14-,15-/m0/s1. The van der Waals surface area contributed by atoms with E-state index >= 15 is 0 Å². The molecule has 1 aliphatic rings. The average Bonchev–Trinajstić information content (AvgIpc) is 2.42. The van der Waals surface area contributed by atoms with E-state index in [1.165, 1.54) is 35.3 Å². The first-order chi connectivity index (χ1) is 9.56. The van der Waals surface area contributed by atoms with Crippen LogP contribution in [0.5, 0.6) is 0 Å². The molecule has 0 saturated carbocycles. The molecule has 0 radical (unpaired) electrons. The third kappa shape index (κ3) is 4.07. The number of likely N-dealkylation sites (tertiary alicyclic amines) is 1. The maximum atomic E-state index is 12.1. The molecule has 2 atom stereocenters. The van der Waals surface area contributed by atoms with E-state index in [1.54, 1.807) is 0 Å². The molecule has 2 rings (SSSR count). The molecule has 1 saturated heterocycles. The summed E-state index contributed by atoms with van der Waals surface area (Å²) in [4.78, 5) is 13.6. The minimum Gasteiger partial charge on any atom is -0.347 e. The summed E-state index contributed by atoms with van der Waals surface area (Å²) >= 11 is 0. The second-order valence-corrected chi connectivity index (χ2v) is 6.25. The molecule has 20 heavy (non-hydrogen) atoms. The van der Waals surface area contributed by atoms with Crippen LogP contribution in [0.4, 0.5) is 0 Å². The van der Waals surface area contributed by atoms with Crippen molar-refractivity contribution < 1.29 is 9.69 Å². The maximum absolute atomic E-state index is 12.1. The summed E-state index contributed by atoms with van der Waals surface area (Å²) in [6.45, 7) is 7.84. The van der Waals surface area contributed by atoms with Crippen LogP contribution in [-0.2, 0) is 11.3 Å². The fourth-order valence-corrected chi connectivity index (χ4v) is 3.09. The highest BCUT2D eigenvalue weighted by atomic mass is 16.2. The highest BCUT2D eigenvalue weighted by Gasteiger charge is 2.29. The molecule has 1 amide bonds. The van der Waals surface area contributed by atoms with Crippen LogP contribution in [0.1, 0.15) is 44.2 Å². The van der Waals surface area contributed by atoms with Crippen molar-refractivity contribution in [1.29, 1.82) is 0 Å². The number of aryl methyl sites for hydroxylation is 1. The van der Waals surface area contributed by atoms with Gasteiger partial charge >= 0.3 is 0 Å². The van der Waals surface area contributed by atoms with Crippen LogP contribution in [0.2, 0.25) is 0 Å². The van der Waals surface area contributed by atoms with Gasteiger partial charge in [-0.1, -0.05) is 29.8 Å². The molecular formula is C17H27N2O+. The van der Waals surface area contributed by atoms with Crippen LogP contribution in [0.25, 0.3) is 0 Å². The van der Waals surface area contributed by atoms with Crippen LogP contribution in [-0.4, -0.2) is 24.5 Å². The van der Waals surface area contributed by atoms with E-state index in [0.717, 1.165) is 0 Å². The normalized spacial score (nSPS) is 23.6. The Labute approximate surface area is 122 Å². The number of benzene rings is 1. The Morgan fingerprint density at radius 1 is 1.20 bits per heavy atom. The summed E-state index contributed by atoms with van der Waals surface area (Å²) in [6, 6.07) is 9.53. The first kappa shape index (κ1) is 15.0. The van der Waals surface area contributed by atoms with Gasteiger partial charge in [-0.25, -0.2) is 0 Å². The zero-order chi connectivity index (χ0) is 14.5. The largest absolute Gasteiger partial charge is 0.347 e. The van der Waals surface area contributed by atoms with Crippen LogP contribution in [0, 0.1) is 6.92 Å². The number of hydrogen-bond acceptors (Lipinski definition) is 1. The predicted molar refractivity (Wildman–Crippen MR) is 81.6 cm³/mol. The van der Waals surface area contributed by atoms with Crippen LogP contribution in [0.3, 0.4) is 0 Å². The topological polar surface area (TPSA) is 33.5 Å². The third-order valence-electron chi connectivity index (χ3n) is 4.52. The molecule has 0 aliphatic carbocycles. The summed E-state index contributed by atoms with van der Waals surface area (Å²) in [5, 5.41) is 3.05. The van der Waals surface area contributed by atoms with Gasteiger partial charge in [0.05, 0.1) is 12.1 Å². The SMILES string of the molecule is Cc1ccc(CNC(=O)C[NH+]2[C@@H](C)CCC[C@@H]2C)cc1. The lowest BCUT2D eigenvalue weighted by Crippen LogP contribution is -3.20. The molecule has 3 nitrogen and oxygen atoms in total. The zero-order valence-electron chi connectivity index (χ0n) is 12.9. The molecule has 0 bridgehead atoms. The minimum absolute atomic E-state index is 0.168. The molecule has 0 aromatic heterocycles. The van der Waals surface area contributed by atoms with Crippen LogP contribution in [0.15, 0.2) is 24.3 Å². The van der Waals surface area contributed by atoms with Crippen LogP contribution < -0.4 is 10.2 Å². The van der Waals surface area contributed by atoms with E-state index in [-0.39, 0.29) is 5.91 Å². The van der Waals surface area contributed by atoms with Crippen molar-refractivity contribution >= 4 is 5.91 Å². The number of carbonyl (C=O) groups excluding carboxylic acids is 1. The third-order valence-corrected chi connectivity index (χ3v) is 4.52. The number of piperidine rings is 1. The van der Waals surface area contributed by atoms with Crippen LogP contribution >= 0.6 is 0 Å². The van der Waals surface area contributed by atoms with E-state index < -0.39 is 0 Å². The van der Waals surface area contributed by atoms with Gasteiger partial charge in [0.1, 0.15) is 0 Å². The number of amides is 1. The second-order valence-electron chi connectivity index (χ2n) is 6.25. The smallest absolute Gasteiger partial charge is 0.275 e. The van der Waals surface area contributed by atoms with Crippen molar-refractivity contribution in [1.82, 2.24) is 5.32 Å². The van der Waals surface area contributed by atoms with Gasteiger partial charge in [-0.05, 0) is 45.6 Å². The summed E-state index contributed by atoms with van der Waals surface area (Å²) < 4.78 is 0. The monoisotopic (exact) mass is 275 g/mol. The van der Waals surface area contributed by atoms with Gasteiger partial charge in [-0.3, -0.25) is 4.79 Å². The molecule has 1 aromatic rings. The molecule has 1 heterocycles. The average molecular weight is 275 g/mol. The minimum atomic E-state index is 0.168. The molecule has 110 valence electrons. The molecule has 1 aromatic carbocycles. The van der Waals surface area contributed by atoms with Crippen molar-refractivity contribution in [3.05, 3.63) is 35.4 Å². The Morgan fingerprint density at radius 2 is 1.80 bits per heavy atom. The maximum Gasteiger partial charge on any atom is 0.275 e. The fourth-order valence-electron chi connectivity index (χ4n) is 3.09. The Hall–Kier alpha value is -1.35. The van der Waals surface area contributed by atoms with Gasteiger partial charge in [0.25, 0.3) is 5.91 Å². The number of hydrogen-bond donors (Lipinski definition) is 2.